The molecule has 0 saturated heterocycles. The van der Waals surface area contributed by atoms with Crippen molar-refractivity contribution in [2.24, 2.45) is 0 Å². The summed E-state index contributed by atoms with van der Waals surface area (Å²) in [6.45, 7) is 2.01. The standard InChI is InChI=1S/C17H16N2O/c1-13-4-3-5-15(10-13)11-17(20)19(2)16-8-6-14(12-18)7-9-16/h3-10H,11H2,1-2H3. The van der Waals surface area contributed by atoms with Gasteiger partial charge < -0.3 is 4.90 Å². The third-order valence-electron chi connectivity index (χ3n) is 3.20. The van der Waals surface area contributed by atoms with Gasteiger partial charge in [0.25, 0.3) is 0 Å². The maximum Gasteiger partial charge on any atom is 0.231 e. The molecule has 0 fully saturated rings. The first-order chi connectivity index (χ1) is 9.60. The highest BCUT2D eigenvalue weighted by Crippen LogP contribution is 2.15. The second-order valence-corrected chi connectivity index (χ2v) is 4.78. The molecule has 1 amide bonds. The van der Waals surface area contributed by atoms with E-state index >= 15 is 0 Å². The summed E-state index contributed by atoms with van der Waals surface area (Å²) in [5.41, 5.74) is 3.54. The molecule has 0 aliphatic rings. The van der Waals surface area contributed by atoms with Crippen LogP contribution in [0.25, 0.3) is 0 Å². The number of nitriles is 1. The van der Waals surface area contributed by atoms with Crippen molar-refractivity contribution >= 4 is 11.6 Å². The zero-order valence-corrected chi connectivity index (χ0v) is 11.6. The quantitative estimate of drug-likeness (QED) is 0.855. The van der Waals surface area contributed by atoms with Crippen LogP contribution in [-0.4, -0.2) is 13.0 Å². The summed E-state index contributed by atoms with van der Waals surface area (Å²) in [7, 11) is 1.75. The lowest BCUT2D eigenvalue weighted by Gasteiger charge is -2.17. The minimum Gasteiger partial charge on any atom is -0.315 e. The van der Waals surface area contributed by atoms with E-state index in [1.54, 1.807) is 36.2 Å². The maximum absolute atomic E-state index is 12.2. The fourth-order valence-electron chi connectivity index (χ4n) is 2.02. The molecular formula is C17H16N2O. The van der Waals surface area contributed by atoms with Gasteiger partial charge in [0.05, 0.1) is 18.1 Å². The molecule has 3 nitrogen and oxygen atoms in total. The second kappa shape index (κ2) is 6.03. The first-order valence-electron chi connectivity index (χ1n) is 6.42. The summed E-state index contributed by atoms with van der Waals surface area (Å²) >= 11 is 0. The van der Waals surface area contributed by atoms with Gasteiger partial charge in [-0.25, -0.2) is 0 Å². The largest absolute Gasteiger partial charge is 0.315 e. The lowest BCUT2D eigenvalue weighted by atomic mass is 10.1. The number of aryl methyl sites for hydroxylation is 1. The molecule has 0 aliphatic heterocycles. The molecule has 0 atom stereocenters. The van der Waals surface area contributed by atoms with Gasteiger partial charge in [-0.2, -0.15) is 5.26 Å². The molecule has 3 heteroatoms. The number of hydrogen-bond acceptors (Lipinski definition) is 2. The van der Waals surface area contributed by atoms with Crippen molar-refractivity contribution in [1.29, 1.82) is 5.26 Å². The number of carbonyl (C=O) groups excluding carboxylic acids is 1. The maximum atomic E-state index is 12.2. The number of hydrogen-bond donors (Lipinski definition) is 0. The van der Waals surface area contributed by atoms with E-state index in [2.05, 4.69) is 6.07 Å². The fourth-order valence-corrected chi connectivity index (χ4v) is 2.02. The number of amides is 1. The zero-order valence-electron chi connectivity index (χ0n) is 11.6. The number of likely N-dealkylation sites (N-methyl/N-ethyl adjacent to an activating group) is 1. The van der Waals surface area contributed by atoms with Crippen LogP contribution in [-0.2, 0) is 11.2 Å². The predicted octanol–water partition coefficient (Wildman–Crippen LogP) is 3.07. The smallest absolute Gasteiger partial charge is 0.231 e. The van der Waals surface area contributed by atoms with E-state index in [1.165, 1.54) is 0 Å². The number of rotatable bonds is 3. The van der Waals surface area contributed by atoms with Crippen LogP contribution in [0.1, 0.15) is 16.7 Å². The lowest BCUT2D eigenvalue weighted by Crippen LogP contribution is -2.27. The van der Waals surface area contributed by atoms with Crippen molar-refractivity contribution in [3.63, 3.8) is 0 Å². The molecule has 0 bridgehead atoms. The van der Waals surface area contributed by atoms with E-state index < -0.39 is 0 Å². The van der Waals surface area contributed by atoms with Crippen LogP contribution in [0.2, 0.25) is 0 Å². The fraction of sp³-hybridized carbons (Fsp3) is 0.176. The molecule has 2 aromatic rings. The molecule has 2 rings (SSSR count). The Morgan fingerprint density at radius 3 is 2.50 bits per heavy atom. The Morgan fingerprint density at radius 1 is 1.20 bits per heavy atom. The van der Waals surface area contributed by atoms with Gasteiger partial charge in [0.1, 0.15) is 0 Å². The van der Waals surface area contributed by atoms with Crippen LogP contribution in [0.3, 0.4) is 0 Å². The van der Waals surface area contributed by atoms with Gasteiger partial charge in [0.2, 0.25) is 5.91 Å². The third-order valence-corrected chi connectivity index (χ3v) is 3.20. The van der Waals surface area contributed by atoms with Crippen molar-refractivity contribution in [2.75, 3.05) is 11.9 Å². The van der Waals surface area contributed by atoms with Gasteiger partial charge in [0, 0.05) is 12.7 Å². The summed E-state index contributed by atoms with van der Waals surface area (Å²) in [5, 5.41) is 8.77. The Morgan fingerprint density at radius 2 is 1.90 bits per heavy atom. The van der Waals surface area contributed by atoms with Crippen molar-refractivity contribution < 1.29 is 4.79 Å². The van der Waals surface area contributed by atoms with Crippen LogP contribution in [0, 0.1) is 18.3 Å². The summed E-state index contributed by atoms with van der Waals surface area (Å²) in [6.07, 6.45) is 0.373. The molecule has 0 unspecified atom stereocenters. The van der Waals surface area contributed by atoms with E-state index in [-0.39, 0.29) is 5.91 Å². The van der Waals surface area contributed by atoms with Crippen LogP contribution in [0.4, 0.5) is 5.69 Å². The van der Waals surface area contributed by atoms with Crippen molar-refractivity contribution in [2.45, 2.75) is 13.3 Å². The average molecular weight is 264 g/mol. The van der Waals surface area contributed by atoms with Crippen LogP contribution in [0.15, 0.2) is 48.5 Å². The van der Waals surface area contributed by atoms with E-state index in [1.807, 2.05) is 31.2 Å². The molecule has 0 aromatic heterocycles. The van der Waals surface area contributed by atoms with Gasteiger partial charge >= 0.3 is 0 Å². The molecule has 0 N–H and O–H groups in total. The van der Waals surface area contributed by atoms with Crippen molar-refractivity contribution in [1.82, 2.24) is 0 Å². The van der Waals surface area contributed by atoms with Gasteiger partial charge in [-0.05, 0) is 36.8 Å². The van der Waals surface area contributed by atoms with Crippen molar-refractivity contribution in [3.05, 3.63) is 65.2 Å². The summed E-state index contributed by atoms with van der Waals surface area (Å²) in [5.74, 6) is 0.0281. The molecule has 2 aromatic carbocycles. The summed E-state index contributed by atoms with van der Waals surface area (Å²) in [4.78, 5) is 13.9. The van der Waals surface area contributed by atoms with E-state index in [0.29, 0.717) is 12.0 Å². The molecule has 0 aliphatic carbocycles. The normalized spacial score (nSPS) is 9.85. The Labute approximate surface area is 119 Å². The molecule has 0 spiro atoms. The third kappa shape index (κ3) is 3.24. The van der Waals surface area contributed by atoms with Crippen LogP contribution < -0.4 is 4.90 Å². The Kier molecular flexibility index (Phi) is 4.17. The highest BCUT2D eigenvalue weighted by molar-refractivity contribution is 5.94. The van der Waals surface area contributed by atoms with Crippen molar-refractivity contribution in [3.8, 4) is 6.07 Å². The minimum atomic E-state index is 0.0281. The van der Waals surface area contributed by atoms with E-state index in [4.69, 9.17) is 5.26 Å². The second-order valence-electron chi connectivity index (χ2n) is 4.78. The zero-order chi connectivity index (χ0) is 14.5. The SMILES string of the molecule is Cc1cccc(CC(=O)N(C)c2ccc(C#N)cc2)c1. The van der Waals surface area contributed by atoms with E-state index in [0.717, 1.165) is 16.8 Å². The molecule has 0 radical (unpaired) electrons. The predicted molar refractivity (Wildman–Crippen MR) is 79.5 cm³/mol. The molecular weight excluding hydrogens is 248 g/mol. The number of carbonyl (C=O) groups is 1. The first-order valence-corrected chi connectivity index (χ1v) is 6.42. The topological polar surface area (TPSA) is 44.1 Å². The van der Waals surface area contributed by atoms with Gasteiger partial charge in [-0.1, -0.05) is 29.8 Å². The van der Waals surface area contributed by atoms with Gasteiger partial charge in [0.15, 0.2) is 0 Å². The number of nitrogens with zero attached hydrogens (tertiary/aromatic N) is 2. The molecule has 0 heterocycles. The summed E-state index contributed by atoms with van der Waals surface area (Å²) < 4.78 is 0. The highest BCUT2D eigenvalue weighted by Gasteiger charge is 2.11. The summed E-state index contributed by atoms with van der Waals surface area (Å²) in [6, 6.07) is 17.0. The van der Waals surface area contributed by atoms with Gasteiger partial charge in [-0.3, -0.25) is 4.79 Å². The first kappa shape index (κ1) is 13.8. The highest BCUT2D eigenvalue weighted by atomic mass is 16.2. The van der Waals surface area contributed by atoms with Crippen LogP contribution in [0.5, 0.6) is 0 Å². The minimum absolute atomic E-state index is 0.0281. The Balaban J connectivity index is 2.10. The molecule has 0 saturated carbocycles. The lowest BCUT2D eigenvalue weighted by molar-refractivity contribution is -0.117. The monoisotopic (exact) mass is 264 g/mol. The molecule has 20 heavy (non-hydrogen) atoms. The number of anilines is 1. The Bertz CT molecular complexity index is 653. The van der Waals surface area contributed by atoms with Gasteiger partial charge in [-0.15, -0.1) is 0 Å². The van der Waals surface area contributed by atoms with E-state index in [9.17, 15) is 4.79 Å². The average Bonchev–Trinajstić information content (AvgIpc) is 2.46. The molecule has 100 valence electrons. The van der Waals surface area contributed by atoms with Crippen LogP contribution >= 0.6 is 0 Å². The number of benzene rings is 2. The Hall–Kier alpha value is -2.60.